The third-order valence-electron chi connectivity index (χ3n) is 6.68. The van der Waals surface area contributed by atoms with E-state index in [1.165, 1.54) is 13.0 Å². The Morgan fingerprint density at radius 3 is 2.44 bits per heavy atom. The molecule has 1 amide bonds. The van der Waals surface area contributed by atoms with E-state index in [4.69, 9.17) is 5.73 Å². The number of hydrogen-bond donors (Lipinski definition) is 6. The lowest BCUT2D eigenvalue weighted by atomic mass is 9.55. The number of aromatic hydroxyl groups is 1. The van der Waals surface area contributed by atoms with Gasteiger partial charge in [-0.2, -0.15) is 0 Å². The number of Topliss-reactive ketones (excluding diaryl/α,β-unsaturated/α-hetero) is 2. The number of fused-ring (bicyclic) bond motifs is 3. The number of nitro benzene ring substituents is 1. The first-order valence-corrected chi connectivity index (χ1v) is 9.51. The number of nitro groups is 1. The van der Waals surface area contributed by atoms with Crippen LogP contribution in [0.4, 0.5) is 5.69 Å². The number of amides is 1. The minimum absolute atomic E-state index is 0.191. The quantitative estimate of drug-likeness (QED) is 0.200. The van der Waals surface area contributed by atoms with Crippen molar-refractivity contribution in [3.63, 3.8) is 0 Å². The number of aliphatic hydroxyl groups is 4. The highest BCUT2D eigenvalue weighted by Gasteiger charge is 2.65. The number of carbonyl (C=O) groups excluding carboxylic acids is 3. The van der Waals surface area contributed by atoms with Gasteiger partial charge in [0.1, 0.15) is 17.1 Å². The zero-order valence-electron chi connectivity index (χ0n) is 16.5. The van der Waals surface area contributed by atoms with Crippen molar-refractivity contribution in [2.45, 2.75) is 31.0 Å². The van der Waals surface area contributed by atoms with Gasteiger partial charge in [0.2, 0.25) is 11.5 Å². The van der Waals surface area contributed by atoms with Crippen molar-refractivity contribution in [3.05, 3.63) is 50.3 Å². The van der Waals surface area contributed by atoms with Gasteiger partial charge < -0.3 is 31.3 Å². The average Bonchev–Trinajstić information content (AvgIpc) is 2.70. The van der Waals surface area contributed by atoms with Gasteiger partial charge in [0, 0.05) is 29.9 Å². The number of carbonyl (C=O) groups is 3. The zero-order valence-corrected chi connectivity index (χ0v) is 16.5. The van der Waals surface area contributed by atoms with E-state index in [0.29, 0.717) is 0 Å². The van der Waals surface area contributed by atoms with Crippen LogP contribution in [0, 0.1) is 22.0 Å². The summed E-state index contributed by atoms with van der Waals surface area (Å²) in [4.78, 5) is 47.7. The molecule has 0 radical (unpaired) electrons. The molecular weight excluding hydrogens is 428 g/mol. The number of aliphatic hydroxyl groups excluding tert-OH is 3. The Morgan fingerprint density at radius 2 is 1.88 bits per heavy atom. The summed E-state index contributed by atoms with van der Waals surface area (Å²) >= 11 is 0. The molecule has 1 saturated carbocycles. The first kappa shape index (κ1) is 21.5. The van der Waals surface area contributed by atoms with Crippen molar-refractivity contribution in [2.75, 3.05) is 0 Å². The summed E-state index contributed by atoms with van der Waals surface area (Å²) in [5.74, 6) is -10.4. The fourth-order valence-electron chi connectivity index (χ4n) is 5.13. The van der Waals surface area contributed by atoms with Crippen LogP contribution in [0.1, 0.15) is 30.4 Å². The third kappa shape index (κ3) is 2.41. The number of nitrogens with two attached hydrogens (primary N) is 1. The molecule has 12 nitrogen and oxygen atoms in total. The Hall–Kier alpha value is -3.77. The number of hydrogen-bond acceptors (Lipinski definition) is 10. The normalized spacial score (nSPS) is 31.7. The number of rotatable bonds is 2. The Morgan fingerprint density at radius 1 is 1.25 bits per heavy atom. The first-order valence-electron chi connectivity index (χ1n) is 9.51. The van der Waals surface area contributed by atoms with Crippen LogP contribution < -0.4 is 5.73 Å². The molecule has 4 rings (SSSR count). The maximum atomic E-state index is 13.4. The second-order valence-corrected chi connectivity index (χ2v) is 8.14. The minimum atomic E-state index is -2.95. The van der Waals surface area contributed by atoms with E-state index in [2.05, 4.69) is 0 Å². The number of phenols is 1. The van der Waals surface area contributed by atoms with Crippen molar-refractivity contribution in [3.8, 4) is 5.75 Å². The lowest BCUT2D eigenvalue weighted by Crippen LogP contribution is -2.63. The Bertz CT molecular complexity index is 1200. The van der Waals surface area contributed by atoms with Crippen LogP contribution >= 0.6 is 0 Å². The van der Waals surface area contributed by atoms with Gasteiger partial charge in [-0.15, -0.1) is 0 Å². The second kappa shape index (κ2) is 6.61. The standard InChI is InChI=1S/C20H18N2O10/c1-5-6-2-3-8(22(31)32)15(25)11(6)16(26)13-10(5)14(24)7-4-9(23)12(19(21)29)17(27)20(7,30)18(13)28/h2-3,5,7,10,14,24-27,30H,4H2,1H3,(H2,21,29)/t5-,7-,10-,14+,20-/m1/s1. The van der Waals surface area contributed by atoms with Crippen LogP contribution in [0.3, 0.4) is 0 Å². The molecule has 0 aromatic heterocycles. The molecular formula is C20H18N2O10. The van der Waals surface area contributed by atoms with Gasteiger partial charge in [-0.1, -0.05) is 13.0 Å². The average molecular weight is 446 g/mol. The fraction of sp³-hybridized carbons (Fsp3) is 0.350. The predicted octanol–water partition coefficient (Wildman–Crippen LogP) is -0.136. The summed E-state index contributed by atoms with van der Waals surface area (Å²) in [6.07, 6.45) is -2.34. The van der Waals surface area contributed by atoms with Crippen LogP contribution in [-0.2, 0) is 14.4 Å². The summed E-state index contributed by atoms with van der Waals surface area (Å²) in [5.41, 5.74) is -0.431. The molecule has 7 N–H and O–H groups in total. The number of phenolic OH excluding ortho intramolecular Hbond substituents is 1. The zero-order chi connectivity index (χ0) is 23.9. The molecule has 3 aliphatic rings. The largest absolute Gasteiger partial charge is 0.508 e. The fourth-order valence-corrected chi connectivity index (χ4v) is 5.13. The van der Waals surface area contributed by atoms with Gasteiger partial charge in [-0.25, -0.2) is 0 Å². The summed E-state index contributed by atoms with van der Waals surface area (Å²) < 4.78 is 0. The molecule has 168 valence electrons. The monoisotopic (exact) mass is 446 g/mol. The second-order valence-electron chi connectivity index (χ2n) is 8.14. The molecule has 0 saturated heterocycles. The Balaban J connectivity index is 2.03. The lowest BCUT2D eigenvalue weighted by molar-refractivity contribution is -0.385. The highest BCUT2D eigenvalue weighted by molar-refractivity contribution is 6.23. The third-order valence-corrected chi connectivity index (χ3v) is 6.68. The topological polar surface area (TPSA) is 222 Å². The molecule has 0 unspecified atom stereocenters. The van der Waals surface area contributed by atoms with Crippen molar-refractivity contribution < 1.29 is 44.8 Å². The van der Waals surface area contributed by atoms with E-state index in [1.807, 2.05) is 0 Å². The molecule has 0 heterocycles. The highest BCUT2D eigenvalue weighted by Crippen LogP contribution is 2.56. The van der Waals surface area contributed by atoms with Crippen LogP contribution in [0.15, 0.2) is 29.0 Å². The van der Waals surface area contributed by atoms with Gasteiger partial charge in [-0.3, -0.25) is 24.5 Å². The molecule has 0 aliphatic heterocycles. The number of nitrogens with zero attached hydrogens (tertiary/aromatic N) is 1. The van der Waals surface area contributed by atoms with E-state index in [1.54, 1.807) is 0 Å². The van der Waals surface area contributed by atoms with Crippen molar-refractivity contribution in [1.82, 2.24) is 0 Å². The Labute approximate surface area is 179 Å². The highest BCUT2D eigenvalue weighted by atomic mass is 16.6. The number of primary amides is 1. The molecule has 12 heteroatoms. The smallest absolute Gasteiger partial charge is 0.311 e. The maximum Gasteiger partial charge on any atom is 0.311 e. The number of ketones is 2. The molecule has 3 aliphatic carbocycles. The molecule has 1 aromatic carbocycles. The Kier molecular flexibility index (Phi) is 4.43. The molecule has 0 spiro atoms. The van der Waals surface area contributed by atoms with E-state index in [-0.39, 0.29) is 5.56 Å². The molecule has 1 aromatic rings. The van der Waals surface area contributed by atoms with Crippen LogP contribution in [0.5, 0.6) is 5.75 Å². The van der Waals surface area contributed by atoms with Crippen LogP contribution in [0.25, 0.3) is 5.76 Å². The minimum Gasteiger partial charge on any atom is -0.508 e. The van der Waals surface area contributed by atoms with Gasteiger partial charge in [-0.05, 0) is 11.5 Å². The first-order chi connectivity index (χ1) is 14.8. The van der Waals surface area contributed by atoms with Gasteiger partial charge in [0.25, 0.3) is 5.91 Å². The summed E-state index contributed by atoms with van der Waals surface area (Å²) in [5, 5.41) is 65.1. The van der Waals surface area contributed by atoms with Crippen molar-refractivity contribution in [2.24, 2.45) is 17.6 Å². The molecule has 0 bridgehead atoms. The summed E-state index contributed by atoms with van der Waals surface area (Å²) in [7, 11) is 0. The molecule has 1 fully saturated rings. The maximum absolute atomic E-state index is 13.4. The van der Waals surface area contributed by atoms with Crippen LogP contribution in [-0.4, -0.2) is 59.6 Å². The van der Waals surface area contributed by atoms with Gasteiger partial charge >= 0.3 is 5.69 Å². The summed E-state index contributed by atoms with van der Waals surface area (Å²) in [6.45, 7) is 1.53. The summed E-state index contributed by atoms with van der Waals surface area (Å²) in [6, 6.07) is 2.27. The van der Waals surface area contributed by atoms with E-state index in [9.17, 15) is 50.0 Å². The number of benzene rings is 1. The van der Waals surface area contributed by atoms with E-state index < -0.39 is 97.9 Å². The van der Waals surface area contributed by atoms with E-state index >= 15 is 0 Å². The van der Waals surface area contributed by atoms with Crippen molar-refractivity contribution in [1.29, 1.82) is 0 Å². The predicted molar refractivity (Wildman–Crippen MR) is 104 cm³/mol. The van der Waals surface area contributed by atoms with Gasteiger partial charge in [0.15, 0.2) is 11.4 Å². The van der Waals surface area contributed by atoms with E-state index in [0.717, 1.165) is 6.07 Å². The van der Waals surface area contributed by atoms with Gasteiger partial charge in [0.05, 0.1) is 16.6 Å². The SMILES string of the molecule is C[C@@H]1c2ccc([N+](=O)[O-])c(O)c2C(O)=C2C(=O)[C@]3(O)C(O)=C(C(N)=O)C(=O)C[C@@H]3[C@H](O)[C@@H]21. The molecule has 5 atom stereocenters. The lowest BCUT2D eigenvalue weighted by Gasteiger charge is -2.50. The molecule has 32 heavy (non-hydrogen) atoms. The van der Waals surface area contributed by atoms with Crippen molar-refractivity contribution >= 4 is 28.9 Å². The van der Waals surface area contributed by atoms with Crippen LogP contribution in [0.2, 0.25) is 0 Å².